The van der Waals surface area contributed by atoms with E-state index in [1.165, 1.54) is 30.3 Å². The summed E-state index contributed by atoms with van der Waals surface area (Å²) in [5.41, 5.74) is -0.117. The van der Waals surface area contributed by atoms with Gasteiger partial charge in [-0.15, -0.1) is 10.2 Å². The predicted octanol–water partition coefficient (Wildman–Crippen LogP) is 2.95. The van der Waals surface area contributed by atoms with Crippen molar-refractivity contribution in [2.24, 2.45) is 0 Å². The van der Waals surface area contributed by atoms with Crippen molar-refractivity contribution in [2.75, 3.05) is 0 Å². The Hall–Kier alpha value is -3.69. The molecule has 1 aromatic heterocycles. The van der Waals surface area contributed by atoms with Gasteiger partial charge in [0.15, 0.2) is 11.6 Å². The van der Waals surface area contributed by atoms with Crippen LogP contribution in [0.15, 0.2) is 42.5 Å². The lowest BCUT2D eigenvalue weighted by Crippen LogP contribution is -2.30. The second-order valence-electron chi connectivity index (χ2n) is 7.43. The van der Waals surface area contributed by atoms with Gasteiger partial charge in [-0.1, -0.05) is 17.3 Å². The van der Waals surface area contributed by atoms with Crippen LogP contribution in [0.1, 0.15) is 58.9 Å². The standard InChI is InChI=1S/C20H19F2N5O3/c1-20(2,3)30-19(29)13-6-4-5-12(9-13)18(28)23-16(17-24-26-27-25-17)11-7-8-14(21)15(22)10-11/h4-10,16H,1-3H3,(H,23,28)(H,24,25,26,27)/t16-/m0/s1. The molecule has 1 amide bonds. The summed E-state index contributed by atoms with van der Waals surface area (Å²) in [6, 6.07) is 8.12. The minimum Gasteiger partial charge on any atom is -0.456 e. The number of carbonyl (C=O) groups is 2. The smallest absolute Gasteiger partial charge is 0.338 e. The number of aromatic amines is 1. The molecule has 8 nitrogen and oxygen atoms in total. The number of nitrogens with one attached hydrogen (secondary N) is 2. The summed E-state index contributed by atoms with van der Waals surface area (Å²) in [6.07, 6.45) is 0. The zero-order valence-corrected chi connectivity index (χ0v) is 16.4. The number of carbonyl (C=O) groups excluding carboxylic acids is 2. The minimum absolute atomic E-state index is 0.0534. The summed E-state index contributed by atoms with van der Waals surface area (Å²) in [6.45, 7) is 5.20. The number of benzene rings is 2. The number of hydrogen-bond donors (Lipinski definition) is 2. The number of esters is 1. The van der Waals surface area contributed by atoms with Gasteiger partial charge in [0.05, 0.1) is 5.56 Å². The fourth-order valence-electron chi connectivity index (χ4n) is 2.62. The number of H-pyrrole nitrogens is 1. The summed E-state index contributed by atoms with van der Waals surface area (Å²) < 4.78 is 32.3. The highest BCUT2D eigenvalue weighted by atomic mass is 19.2. The maximum Gasteiger partial charge on any atom is 0.338 e. The third kappa shape index (κ3) is 5.02. The topological polar surface area (TPSA) is 110 Å². The number of hydrogen-bond acceptors (Lipinski definition) is 6. The molecule has 156 valence electrons. The molecule has 2 N–H and O–H groups in total. The Balaban J connectivity index is 1.87. The largest absolute Gasteiger partial charge is 0.456 e. The number of aromatic nitrogens is 4. The van der Waals surface area contributed by atoms with E-state index in [1.54, 1.807) is 20.8 Å². The van der Waals surface area contributed by atoms with Crippen molar-refractivity contribution in [3.63, 3.8) is 0 Å². The van der Waals surface area contributed by atoms with Gasteiger partial charge in [0, 0.05) is 5.56 Å². The Bertz CT molecular complexity index is 1060. The third-order valence-electron chi connectivity index (χ3n) is 3.93. The molecule has 1 heterocycles. The molecule has 30 heavy (non-hydrogen) atoms. The molecule has 0 unspecified atom stereocenters. The van der Waals surface area contributed by atoms with Gasteiger partial charge in [0.2, 0.25) is 5.82 Å². The molecule has 0 fully saturated rings. The van der Waals surface area contributed by atoms with Crippen LogP contribution < -0.4 is 5.32 Å². The molecular weight excluding hydrogens is 396 g/mol. The third-order valence-corrected chi connectivity index (χ3v) is 3.93. The Kier molecular flexibility index (Phi) is 5.86. The lowest BCUT2D eigenvalue weighted by atomic mass is 10.0. The second-order valence-corrected chi connectivity index (χ2v) is 7.43. The Labute approximate surface area is 170 Å². The van der Waals surface area contributed by atoms with Gasteiger partial charge >= 0.3 is 5.97 Å². The highest BCUT2D eigenvalue weighted by Gasteiger charge is 2.24. The summed E-state index contributed by atoms with van der Waals surface area (Å²) in [5.74, 6) is -3.21. The molecule has 0 radical (unpaired) electrons. The SMILES string of the molecule is CC(C)(C)OC(=O)c1cccc(C(=O)N[C@@H](c2ccc(F)c(F)c2)c2nn[nH]n2)c1. The van der Waals surface area contributed by atoms with Crippen molar-refractivity contribution in [2.45, 2.75) is 32.4 Å². The highest BCUT2D eigenvalue weighted by Crippen LogP contribution is 2.22. The van der Waals surface area contributed by atoms with Gasteiger partial charge in [-0.3, -0.25) is 4.79 Å². The Morgan fingerprint density at radius 1 is 1.07 bits per heavy atom. The molecular formula is C20H19F2N5O3. The van der Waals surface area contributed by atoms with E-state index in [2.05, 4.69) is 25.9 Å². The van der Waals surface area contributed by atoms with Crippen molar-refractivity contribution in [3.8, 4) is 0 Å². The van der Waals surface area contributed by atoms with E-state index >= 15 is 0 Å². The average Bonchev–Trinajstić information content (AvgIpc) is 3.21. The fraction of sp³-hybridized carbons (Fsp3) is 0.250. The molecule has 1 atom stereocenters. The molecule has 0 aliphatic carbocycles. The lowest BCUT2D eigenvalue weighted by molar-refractivity contribution is 0.00695. The van der Waals surface area contributed by atoms with Gasteiger partial charge in [0.25, 0.3) is 5.91 Å². The maximum atomic E-state index is 13.7. The van der Waals surface area contributed by atoms with Gasteiger partial charge in [-0.25, -0.2) is 13.6 Å². The molecule has 3 aromatic rings. The number of amides is 1. The van der Waals surface area contributed by atoms with Crippen LogP contribution in [0.3, 0.4) is 0 Å². The van der Waals surface area contributed by atoms with Crippen LogP contribution in [0.2, 0.25) is 0 Å². The van der Waals surface area contributed by atoms with Crippen LogP contribution in [0.25, 0.3) is 0 Å². The zero-order valence-electron chi connectivity index (χ0n) is 16.4. The molecule has 0 spiro atoms. The molecule has 0 aliphatic rings. The molecule has 2 aromatic carbocycles. The molecule has 10 heteroatoms. The average molecular weight is 415 g/mol. The lowest BCUT2D eigenvalue weighted by Gasteiger charge is -2.20. The van der Waals surface area contributed by atoms with Crippen LogP contribution in [-0.2, 0) is 4.74 Å². The van der Waals surface area contributed by atoms with E-state index in [1.807, 2.05) is 0 Å². The summed E-state index contributed by atoms with van der Waals surface area (Å²) in [4.78, 5) is 25.1. The normalized spacial score (nSPS) is 12.3. The molecule has 0 aliphatic heterocycles. The quantitative estimate of drug-likeness (QED) is 0.620. The van der Waals surface area contributed by atoms with Crippen LogP contribution in [-0.4, -0.2) is 38.1 Å². The van der Waals surface area contributed by atoms with Crippen molar-refractivity contribution in [1.29, 1.82) is 0 Å². The van der Waals surface area contributed by atoms with Crippen molar-refractivity contribution in [1.82, 2.24) is 25.9 Å². The van der Waals surface area contributed by atoms with Crippen LogP contribution >= 0.6 is 0 Å². The van der Waals surface area contributed by atoms with Crippen molar-refractivity contribution in [3.05, 3.63) is 76.6 Å². The first-order chi connectivity index (χ1) is 14.1. The van der Waals surface area contributed by atoms with E-state index in [-0.39, 0.29) is 22.5 Å². The van der Waals surface area contributed by atoms with Crippen molar-refractivity contribution < 1.29 is 23.1 Å². The van der Waals surface area contributed by atoms with Crippen LogP contribution in [0, 0.1) is 11.6 Å². The first-order valence-corrected chi connectivity index (χ1v) is 8.96. The molecule has 0 saturated carbocycles. The number of nitrogens with zero attached hydrogens (tertiary/aromatic N) is 3. The number of rotatable bonds is 5. The van der Waals surface area contributed by atoms with Gasteiger partial charge in [-0.05, 0) is 56.7 Å². The van der Waals surface area contributed by atoms with E-state index < -0.39 is 35.2 Å². The zero-order chi connectivity index (χ0) is 21.9. The Morgan fingerprint density at radius 3 is 2.43 bits per heavy atom. The van der Waals surface area contributed by atoms with Crippen molar-refractivity contribution >= 4 is 11.9 Å². The first-order valence-electron chi connectivity index (χ1n) is 8.96. The van der Waals surface area contributed by atoms with Crippen LogP contribution in [0.4, 0.5) is 8.78 Å². The molecule has 0 bridgehead atoms. The van der Waals surface area contributed by atoms with Crippen LogP contribution in [0.5, 0.6) is 0 Å². The van der Waals surface area contributed by atoms with E-state index in [4.69, 9.17) is 4.74 Å². The number of ether oxygens (including phenoxy) is 1. The van der Waals surface area contributed by atoms with Gasteiger partial charge in [0.1, 0.15) is 11.6 Å². The molecule has 0 saturated heterocycles. The monoisotopic (exact) mass is 415 g/mol. The van der Waals surface area contributed by atoms with E-state index in [0.717, 1.165) is 12.1 Å². The molecule has 3 rings (SSSR count). The van der Waals surface area contributed by atoms with Gasteiger partial charge < -0.3 is 10.1 Å². The number of tetrazole rings is 1. The summed E-state index contributed by atoms with van der Waals surface area (Å²) in [5, 5.41) is 16.0. The second kappa shape index (κ2) is 8.36. The maximum absolute atomic E-state index is 13.7. The van der Waals surface area contributed by atoms with E-state index in [9.17, 15) is 18.4 Å². The highest BCUT2D eigenvalue weighted by molar-refractivity contribution is 5.98. The summed E-state index contributed by atoms with van der Waals surface area (Å²) in [7, 11) is 0. The van der Waals surface area contributed by atoms with E-state index in [0.29, 0.717) is 0 Å². The fourth-order valence-corrected chi connectivity index (χ4v) is 2.62. The minimum atomic E-state index is -1.08. The summed E-state index contributed by atoms with van der Waals surface area (Å²) >= 11 is 0. The van der Waals surface area contributed by atoms with Gasteiger partial charge in [-0.2, -0.15) is 5.21 Å². The first kappa shape index (κ1) is 21.0. The predicted molar refractivity (Wildman–Crippen MR) is 101 cm³/mol. The number of halogens is 2. The Morgan fingerprint density at radius 2 is 1.80 bits per heavy atom.